The molecule has 5 rings (SSSR count). The SMILES string of the molecule is Cc1nc2ccccc2nc1N1CCN(C(=O)C2COc3ccccc3O2)CC1. The van der Waals surface area contributed by atoms with Crippen molar-refractivity contribution in [3.63, 3.8) is 0 Å². The van der Waals surface area contributed by atoms with Gasteiger partial charge in [0.2, 0.25) is 6.10 Å². The molecule has 0 spiro atoms. The van der Waals surface area contributed by atoms with Gasteiger partial charge in [-0.05, 0) is 31.2 Å². The van der Waals surface area contributed by atoms with Gasteiger partial charge in [-0.2, -0.15) is 0 Å². The number of ether oxygens (including phenoxy) is 2. The number of hydrogen-bond acceptors (Lipinski definition) is 6. The van der Waals surface area contributed by atoms with Crippen molar-refractivity contribution in [3.8, 4) is 11.5 Å². The number of fused-ring (bicyclic) bond motifs is 2. The summed E-state index contributed by atoms with van der Waals surface area (Å²) in [6.45, 7) is 4.89. The fraction of sp³-hybridized carbons (Fsp3) is 0.318. The number of anilines is 1. The van der Waals surface area contributed by atoms with Crippen molar-refractivity contribution < 1.29 is 14.3 Å². The van der Waals surface area contributed by atoms with Crippen LogP contribution in [0.15, 0.2) is 48.5 Å². The van der Waals surface area contributed by atoms with Crippen molar-refractivity contribution in [2.24, 2.45) is 0 Å². The van der Waals surface area contributed by atoms with Gasteiger partial charge in [0, 0.05) is 26.2 Å². The summed E-state index contributed by atoms with van der Waals surface area (Å²) in [4.78, 5) is 26.4. The summed E-state index contributed by atoms with van der Waals surface area (Å²) in [7, 11) is 0. The van der Waals surface area contributed by atoms with Crippen LogP contribution in [0.5, 0.6) is 11.5 Å². The lowest BCUT2D eigenvalue weighted by atomic mass is 10.2. The van der Waals surface area contributed by atoms with Gasteiger partial charge in [-0.1, -0.05) is 24.3 Å². The van der Waals surface area contributed by atoms with E-state index in [2.05, 4.69) is 9.88 Å². The molecule has 1 aromatic heterocycles. The first-order valence-corrected chi connectivity index (χ1v) is 9.84. The molecule has 7 nitrogen and oxygen atoms in total. The number of piperazine rings is 1. The predicted molar refractivity (Wildman–Crippen MR) is 109 cm³/mol. The highest BCUT2D eigenvalue weighted by atomic mass is 16.6. The highest BCUT2D eigenvalue weighted by Gasteiger charge is 2.33. The van der Waals surface area contributed by atoms with Gasteiger partial charge < -0.3 is 19.3 Å². The number of carbonyl (C=O) groups excluding carboxylic acids is 1. The van der Waals surface area contributed by atoms with Crippen LogP contribution in [0.4, 0.5) is 5.82 Å². The lowest BCUT2D eigenvalue weighted by Gasteiger charge is -2.38. The maximum Gasteiger partial charge on any atom is 0.267 e. The molecule has 3 heterocycles. The Morgan fingerprint density at radius 3 is 2.34 bits per heavy atom. The molecular formula is C22H22N4O3. The second kappa shape index (κ2) is 7.24. The Labute approximate surface area is 168 Å². The van der Waals surface area contributed by atoms with Crippen LogP contribution in [0.2, 0.25) is 0 Å². The number of rotatable bonds is 2. The van der Waals surface area contributed by atoms with Crippen LogP contribution in [0, 0.1) is 6.92 Å². The summed E-state index contributed by atoms with van der Waals surface area (Å²) in [6.07, 6.45) is -0.598. The van der Waals surface area contributed by atoms with Crippen molar-refractivity contribution >= 4 is 22.8 Å². The number of amides is 1. The second-order valence-electron chi connectivity index (χ2n) is 7.30. The molecule has 2 aliphatic rings. The molecule has 1 fully saturated rings. The van der Waals surface area contributed by atoms with Crippen molar-refractivity contribution in [1.82, 2.24) is 14.9 Å². The van der Waals surface area contributed by atoms with E-state index in [0.29, 0.717) is 37.7 Å². The molecule has 148 valence electrons. The minimum absolute atomic E-state index is 0.0273. The Balaban J connectivity index is 1.26. The van der Waals surface area contributed by atoms with Gasteiger partial charge in [-0.3, -0.25) is 4.79 Å². The third kappa shape index (κ3) is 3.33. The van der Waals surface area contributed by atoms with Gasteiger partial charge >= 0.3 is 0 Å². The number of nitrogens with zero attached hydrogens (tertiary/aromatic N) is 4. The average Bonchev–Trinajstić information content (AvgIpc) is 2.78. The number of para-hydroxylation sites is 4. The molecule has 1 saturated heterocycles. The maximum absolute atomic E-state index is 12.9. The smallest absolute Gasteiger partial charge is 0.267 e. The van der Waals surface area contributed by atoms with Gasteiger partial charge in [0.05, 0.1) is 16.7 Å². The number of benzene rings is 2. The number of aryl methyl sites for hydroxylation is 1. The Bertz CT molecular complexity index is 1060. The third-order valence-corrected chi connectivity index (χ3v) is 5.39. The first kappa shape index (κ1) is 17.7. The largest absolute Gasteiger partial charge is 0.485 e. The molecule has 1 atom stereocenters. The van der Waals surface area contributed by atoms with Crippen LogP contribution < -0.4 is 14.4 Å². The molecule has 2 aromatic carbocycles. The summed E-state index contributed by atoms with van der Waals surface area (Å²) in [6, 6.07) is 15.3. The zero-order valence-corrected chi connectivity index (χ0v) is 16.2. The van der Waals surface area contributed by atoms with E-state index < -0.39 is 6.10 Å². The first-order chi connectivity index (χ1) is 14.2. The van der Waals surface area contributed by atoms with Crippen LogP contribution >= 0.6 is 0 Å². The normalized spacial score (nSPS) is 18.7. The predicted octanol–water partition coefficient (Wildman–Crippen LogP) is 2.43. The lowest BCUT2D eigenvalue weighted by molar-refractivity contribution is -0.141. The van der Waals surface area contributed by atoms with Crippen LogP contribution in [-0.4, -0.2) is 59.7 Å². The van der Waals surface area contributed by atoms with E-state index in [1.165, 1.54) is 0 Å². The van der Waals surface area contributed by atoms with E-state index in [0.717, 1.165) is 22.5 Å². The number of aromatic nitrogens is 2. The first-order valence-electron chi connectivity index (χ1n) is 9.84. The number of hydrogen-bond donors (Lipinski definition) is 0. The highest BCUT2D eigenvalue weighted by Crippen LogP contribution is 2.31. The molecule has 0 radical (unpaired) electrons. The minimum Gasteiger partial charge on any atom is -0.485 e. The Morgan fingerprint density at radius 1 is 0.931 bits per heavy atom. The molecule has 3 aromatic rings. The van der Waals surface area contributed by atoms with Crippen molar-refractivity contribution in [3.05, 3.63) is 54.2 Å². The van der Waals surface area contributed by atoms with E-state index in [-0.39, 0.29) is 12.5 Å². The topological polar surface area (TPSA) is 67.8 Å². The van der Waals surface area contributed by atoms with Gasteiger partial charge in [-0.25, -0.2) is 9.97 Å². The highest BCUT2D eigenvalue weighted by molar-refractivity contribution is 5.82. The average molecular weight is 390 g/mol. The molecule has 1 unspecified atom stereocenters. The molecular weight excluding hydrogens is 368 g/mol. The van der Waals surface area contributed by atoms with Gasteiger partial charge in [0.1, 0.15) is 6.61 Å². The van der Waals surface area contributed by atoms with Crippen LogP contribution in [0.25, 0.3) is 11.0 Å². The number of carbonyl (C=O) groups is 1. The van der Waals surface area contributed by atoms with Crippen molar-refractivity contribution in [1.29, 1.82) is 0 Å². The lowest BCUT2D eigenvalue weighted by Crippen LogP contribution is -2.54. The second-order valence-corrected chi connectivity index (χ2v) is 7.30. The van der Waals surface area contributed by atoms with E-state index in [1.807, 2.05) is 60.4 Å². The summed E-state index contributed by atoms with van der Waals surface area (Å²) in [5.74, 6) is 2.17. The fourth-order valence-electron chi connectivity index (χ4n) is 3.86. The van der Waals surface area contributed by atoms with Crippen LogP contribution in [0.3, 0.4) is 0 Å². The van der Waals surface area contributed by atoms with Gasteiger partial charge in [0.25, 0.3) is 5.91 Å². The molecule has 7 heteroatoms. The molecule has 1 amide bonds. The zero-order chi connectivity index (χ0) is 19.8. The van der Waals surface area contributed by atoms with Crippen molar-refractivity contribution in [2.75, 3.05) is 37.7 Å². The summed E-state index contributed by atoms with van der Waals surface area (Å²) >= 11 is 0. The fourth-order valence-corrected chi connectivity index (χ4v) is 3.86. The van der Waals surface area contributed by atoms with Crippen LogP contribution in [0.1, 0.15) is 5.69 Å². The summed E-state index contributed by atoms with van der Waals surface area (Å²) in [5.41, 5.74) is 2.69. The molecule has 0 saturated carbocycles. The monoisotopic (exact) mass is 390 g/mol. The van der Waals surface area contributed by atoms with Crippen molar-refractivity contribution in [2.45, 2.75) is 13.0 Å². The van der Waals surface area contributed by atoms with Crippen LogP contribution in [-0.2, 0) is 4.79 Å². The molecule has 29 heavy (non-hydrogen) atoms. The zero-order valence-electron chi connectivity index (χ0n) is 16.2. The van der Waals surface area contributed by atoms with E-state index in [4.69, 9.17) is 14.5 Å². The molecule has 0 bridgehead atoms. The van der Waals surface area contributed by atoms with Gasteiger partial charge in [-0.15, -0.1) is 0 Å². The minimum atomic E-state index is -0.598. The molecule has 0 aliphatic carbocycles. The summed E-state index contributed by atoms with van der Waals surface area (Å²) < 4.78 is 11.6. The van der Waals surface area contributed by atoms with E-state index in [1.54, 1.807) is 0 Å². The maximum atomic E-state index is 12.9. The standard InChI is InChI=1S/C22H22N4O3/c1-15-21(24-17-7-3-2-6-16(17)23-15)25-10-12-26(13-11-25)22(27)20-14-28-18-8-4-5-9-19(18)29-20/h2-9,20H,10-14H2,1H3. The summed E-state index contributed by atoms with van der Waals surface area (Å²) in [5, 5.41) is 0. The van der Waals surface area contributed by atoms with Gasteiger partial charge in [0.15, 0.2) is 17.3 Å². The molecule has 0 N–H and O–H groups in total. The molecule has 2 aliphatic heterocycles. The van der Waals surface area contributed by atoms with E-state index in [9.17, 15) is 4.79 Å². The Hall–Kier alpha value is -3.35. The quantitative estimate of drug-likeness (QED) is 0.670. The Kier molecular flexibility index (Phi) is 4.42. The van der Waals surface area contributed by atoms with E-state index >= 15 is 0 Å². The Morgan fingerprint density at radius 2 is 1.59 bits per heavy atom. The third-order valence-electron chi connectivity index (χ3n) is 5.39.